The van der Waals surface area contributed by atoms with E-state index in [0.29, 0.717) is 6.54 Å². The van der Waals surface area contributed by atoms with Crippen molar-refractivity contribution in [2.45, 2.75) is 27.4 Å². The van der Waals surface area contributed by atoms with Gasteiger partial charge in [0, 0.05) is 6.54 Å². The van der Waals surface area contributed by atoms with Crippen LogP contribution in [0.5, 0.6) is 11.5 Å². The van der Waals surface area contributed by atoms with Crippen LogP contribution in [0.25, 0.3) is 0 Å². The number of rotatable bonds is 6. The van der Waals surface area contributed by atoms with Gasteiger partial charge in [0.1, 0.15) is 0 Å². The highest BCUT2D eigenvalue weighted by atomic mass is 32.2. The molecule has 1 aliphatic heterocycles. The molecule has 1 aromatic heterocycles. The molecule has 0 saturated carbocycles. The molecule has 0 radical (unpaired) electrons. The van der Waals surface area contributed by atoms with Gasteiger partial charge in [-0.3, -0.25) is 4.79 Å². The van der Waals surface area contributed by atoms with Crippen LogP contribution in [0.2, 0.25) is 0 Å². The Hall–Kier alpha value is -1.45. The zero-order valence-electron chi connectivity index (χ0n) is 12.6. The van der Waals surface area contributed by atoms with Crippen LogP contribution < -0.4 is 14.8 Å². The zero-order valence-corrected chi connectivity index (χ0v) is 15.0. The first-order chi connectivity index (χ1) is 11.2. The van der Waals surface area contributed by atoms with Crippen molar-refractivity contribution in [3.8, 4) is 11.5 Å². The summed E-state index contributed by atoms with van der Waals surface area (Å²) in [6.45, 7) is 2.56. The minimum atomic E-state index is -0.230. The Morgan fingerprint density at radius 3 is 2.91 bits per heavy atom. The molecular formula is C14H15N3O3S3. The molecule has 9 heteroatoms. The quantitative estimate of drug-likeness (QED) is 0.785. The second kappa shape index (κ2) is 7.41. The number of hydrogen-bond donors (Lipinski definition) is 1. The lowest BCUT2D eigenvalue weighted by atomic mass is 10.2. The normalized spacial score (nSPS) is 13.8. The van der Waals surface area contributed by atoms with Crippen LogP contribution in [-0.2, 0) is 11.3 Å². The van der Waals surface area contributed by atoms with E-state index >= 15 is 0 Å². The Bertz CT molecular complexity index is 708. The summed E-state index contributed by atoms with van der Waals surface area (Å²) in [5, 5.41) is 10.8. The fourth-order valence-electron chi connectivity index (χ4n) is 1.92. The van der Waals surface area contributed by atoms with E-state index in [-0.39, 0.29) is 18.0 Å². The highest BCUT2D eigenvalue weighted by molar-refractivity contribution is 8.03. The molecular weight excluding hydrogens is 354 g/mol. The van der Waals surface area contributed by atoms with Gasteiger partial charge < -0.3 is 14.8 Å². The van der Waals surface area contributed by atoms with E-state index in [0.717, 1.165) is 25.7 Å². The van der Waals surface area contributed by atoms with E-state index in [9.17, 15) is 4.79 Å². The van der Waals surface area contributed by atoms with E-state index < -0.39 is 0 Å². The van der Waals surface area contributed by atoms with Crippen molar-refractivity contribution in [3.05, 3.63) is 23.8 Å². The van der Waals surface area contributed by atoms with Gasteiger partial charge in [-0.25, -0.2) is 0 Å². The largest absolute Gasteiger partial charge is 0.454 e. The van der Waals surface area contributed by atoms with Crippen LogP contribution >= 0.6 is 34.9 Å². The number of nitrogens with zero attached hydrogens (tertiary/aromatic N) is 2. The van der Waals surface area contributed by atoms with Gasteiger partial charge in [-0.15, -0.1) is 10.2 Å². The third-order valence-corrected chi connectivity index (χ3v) is 6.20. The first-order valence-corrected chi connectivity index (χ1v) is 9.78. The number of nitrogens with one attached hydrogen (secondary N) is 1. The summed E-state index contributed by atoms with van der Waals surface area (Å²) in [4.78, 5) is 12.2. The zero-order chi connectivity index (χ0) is 16.2. The van der Waals surface area contributed by atoms with Crippen LogP contribution in [0.1, 0.15) is 12.5 Å². The molecule has 23 heavy (non-hydrogen) atoms. The van der Waals surface area contributed by atoms with Crippen molar-refractivity contribution in [1.29, 1.82) is 0 Å². The number of amides is 1. The second-order valence-corrected chi connectivity index (χ2v) is 8.32. The Balaban J connectivity index is 1.52. The maximum Gasteiger partial charge on any atom is 0.233 e. The van der Waals surface area contributed by atoms with Crippen molar-refractivity contribution in [2.75, 3.05) is 13.0 Å². The molecule has 1 amide bonds. The predicted octanol–water partition coefficient (Wildman–Crippen LogP) is 2.79. The first kappa shape index (κ1) is 16.4. The van der Waals surface area contributed by atoms with Gasteiger partial charge in [-0.2, -0.15) is 0 Å². The van der Waals surface area contributed by atoms with Crippen LogP contribution in [0.4, 0.5) is 0 Å². The van der Waals surface area contributed by atoms with Crippen molar-refractivity contribution >= 4 is 40.8 Å². The van der Waals surface area contributed by atoms with Crippen molar-refractivity contribution in [2.24, 2.45) is 0 Å². The van der Waals surface area contributed by atoms with E-state index in [1.54, 1.807) is 11.8 Å². The number of aromatic nitrogens is 2. The first-order valence-electron chi connectivity index (χ1n) is 6.86. The van der Waals surface area contributed by atoms with Gasteiger partial charge in [-0.05, 0) is 30.9 Å². The maximum absolute atomic E-state index is 12.2. The summed E-state index contributed by atoms with van der Waals surface area (Å²) in [7, 11) is 0. The fourth-order valence-corrected chi connectivity index (χ4v) is 4.52. The summed E-state index contributed by atoms with van der Waals surface area (Å²) in [5.41, 5.74) is 0.973. The van der Waals surface area contributed by atoms with E-state index in [1.165, 1.54) is 23.1 Å². The van der Waals surface area contributed by atoms with Crippen LogP contribution in [0.3, 0.4) is 0 Å². The summed E-state index contributed by atoms with van der Waals surface area (Å²) >= 11 is 4.47. The van der Waals surface area contributed by atoms with Crippen LogP contribution in [0.15, 0.2) is 26.9 Å². The number of hydrogen-bond acceptors (Lipinski definition) is 8. The standard InChI is InChI=1S/C14H15N3O3S3/c1-8(22-14-17-16-13(21-2)23-14)12(18)15-6-9-3-4-10-11(5-9)20-7-19-10/h3-5,8H,6-7H2,1-2H3,(H,15,18)/t8-/m1/s1. The molecule has 0 spiro atoms. The molecule has 122 valence electrons. The minimum Gasteiger partial charge on any atom is -0.454 e. The van der Waals surface area contributed by atoms with Crippen molar-refractivity contribution in [1.82, 2.24) is 15.5 Å². The molecule has 1 aromatic carbocycles. The molecule has 0 fully saturated rings. The van der Waals surface area contributed by atoms with Gasteiger partial charge in [0.2, 0.25) is 12.7 Å². The van der Waals surface area contributed by atoms with E-state index in [1.807, 2.05) is 31.4 Å². The molecule has 0 saturated heterocycles. The van der Waals surface area contributed by atoms with Crippen molar-refractivity contribution < 1.29 is 14.3 Å². The molecule has 0 unspecified atom stereocenters. The van der Waals surface area contributed by atoms with Crippen molar-refractivity contribution in [3.63, 3.8) is 0 Å². The van der Waals surface area contributed by atoms with Crippen LogP contribution in [-0.4, -0.2) is 34.4 Å². The Kier molecular flexibility index (Phi) is 5.29. The third-order valence-electron chi connectivity index (χ3n) is 3.11. The molecule has 3 rings (SSSR count). The lowest BCUT2D eigenvalue weighted by molar-refractivity contribution is -0.120. The highest BCUT2D eigenvalue weighted by Crippen LogP contribution is 2.33. The van der Waals surface area contributed by atoms with Gasteiger partial charge >= 0.3 is 0 Å². The molecule has 0 bridgehead atoms. The van der Waals surface area contributed by atoms with Crippen LogP contribution in [0, 0.1) is 0 Å². The molecule has 1 N–H and O–H groups in total. The smallest absolute Gasteiger partial charge is 0.233 e. The number of benzene rings is 1. The Labute approximate surface area is 146 Å². The molecule has 2 heterocycles. The number of carbonyl (C=O) groups excluding carboxylic acids is 1. The summed E-state index contributed by atoms with van der Waals surface area (Å²) in [6, 6.07) is 5.66. The second-order valence-electron chi connectivity index (χ2n) is 4.70. The van der Waals surface area contributed by atoms with E-state index in [4.69, 9.17) is 9.47 Å². The monoisotopic (exact) mass is 369 g/mol. The summed E-state index contributed by atoms with van der Waals surface area (Å²) in [6.07, 6.45) is 1.95. The van der Waals surface area contributed by atoms with Gasteiger partial charge in [-0.1, -0.05) is 40.9 Å². The molecule has 1 aliphatic rings. The molecule has 1 atom stereocenters. The topological polar surface area (TPSA) is 73.3 Å². The lowest BCUT2D eigenvalue weighted by Crippen LogP contribution is -2.30. The fraction of sp³-hybridized carbons (Fsp3) is 0.357. The molecule has 2 aromatic rings. The third kappa shape index (κ3) is 4.10. The van der Waals surface area contributed by atoms with Gasteiger partial charge in [0.25, 0.3) is 0 Å². The average Bonchev–Trinajstić information content (AvgIpc) is 3.20. The number of ether oxygens (including phenoxy) is 2. The summed E-state index contributed by atoms with van der Waals surface area (Å²) < 4.78 is 12.3. The lowest BCUT2D eigenvalue weighted by Gasteiger charge is -2.10. The maximum atomic E-state index is 12.2. The Morgan fingerprint density at radius 1 is 1.35 bits per heavy atom. The Morgan fingerprint density at radius 2 is 2.13 bits per heavy atom. The number of fused-ring (bicyclic) bond motifs is 1. The van der Waals surface area contributed by atoms with Gasteiger partial charge in [0.05, 0.1) is 5.25 Å². The SMILES string of the molecule is CSc1nnc(S[C@H](C)C(=O)NCc2ccc3c(c2)OCO3)s1. The van der Waals surface area contributed by atoms with Gasteiger partial charge in [0.15, 0.2) is 20.2 Å². The predicted molar refractivity (Wildman–Crippen MR) is 91.4 cm³/mol. The summed E-state index contributed by atoms with van der Waals surface area (Å²) in [5.74, 6) is 1.43. The average molecular weight is 369 g/mol. The number of carbonyl (C=O) groups is 1. The highest BCUT2D eigenvalue weighted by Gasteiger charge is 2.18. The molecule has 6 nitrogen and oxygen atoms in total. The molecule has 0 aliphatic carbocycles. The number of thioether (sulfide) groups is 2. The van der Waals surface area contributed by atoms with E-state index in [2.05, 4.69) is 15.5 Å². The minimum absolute atomic E-state index is 0.0337.